The summed E-state index contributed by atoms with van der Waals surface area (Å²) in [5.74, 6) is 0.247. The molecular formula is C14H21N3O. The van der Waals surface area contributed by atoms with Gasteiger partial charge < -0.3 is 10.6 Å². The van der Waals surface area contributed by atoms with E-state index < -0.39 is 0 Å². The van der Waals surface area contributed by atoms with Crippen LogP contribution in [0.1, 0.15) is 37.8 Å². The molecule has 1 aromatic rings. The second-order valence-corrected chi connectivity index (χ2v) is 4.82. The Labute approximate surface area is 108 Å². The monoisotopic (exact) mass is 247 g/mol. The van der Waals surface area contributed by atoms with Crippen molar-refractivity contribution < 1.29 is 4.79 Å². The van der Waals surface area contributed by atoms with E-state index in [1.165, 1.54) is 0 Å². The molecule has 1 saturated carbocycles. The van der Waals surface area contributed by atoms with Crippen molar-refractivity contribution in [1.29, 1.82) is 0 Å². The van der Waals surface area contributed by atoms with Crippen molar-refractivity contribution in [3.63, 3.8) is 0 Å². The van der Waals surface area contributed by atoms with Crippen molar-refractivity contribution in [3.05, 3.63) is 30.1 Å². The molecule has 2 rings (SSSR count). The second-order valence-electron chi connectivity index (χ2n) is 4.82. The van der Waals surface area contributed by atoms with E-state index in [1.807, 2.05) is 23.1 Å². The molecule has 0 saturated heterocycles. The fourth-order valence-electron chi connectivity index (χ4n) is 2.04. The van der Waals surface area contributed by atoms with Crippen LogP contribution in [0.2, 0.25) is 0 Å². The Balaban J connectivity index is 1.89. The number of nitrogens with zero attached hydrogens (tertiary/aromatic N) is 2. The highest BCUT2D eigenvalue weighted by Crippen LogP contribution is 2.28. The molecule has 1 amide bonds. The highest BCUT2D eigenvalue weighted by molar-refractivity contribution is 5.76. The van der Waals surface area contributed by atoms with Gasteiger partial charge in [0.25, 0.3) is 0 Å². The molecule has 0 radical (unpaired) electrons. The minimum Gasteiger partial charge on any atom is -0.334 e. The summed E-state index contributed by atoms with van der Waals surface area (Å²) in [5.41, 5.74) is 6.42. The summed E-state index contributed by atoms with van der Waals surface area (Å²) in [7, 11) is 0. The van der Waals surface area contributed by atoms with E-state index in [0.29, 0.717) is 25.6 Å². The highest BCUT2D eigenvalue weighted by atomic mass is 16.2. The Bertz CT molecular complexity index is 376. The number of hydrogen-bond donors (Lipinski definition) is 1. The van der Waals surface area contributed by atoms with Crippen LogP contribution in [0.4, 0.5) is 0 Å². The van der Waals surface area contributed by atoms with Crippen LogP contribution in [0.15, 0.2) is 24.4 Å². The van der Waals surface area contributed by atoms with Crippen molar-refractivity contribution in [3.8, 4) is 0 Å². The first-order chi connectivity index (χ1) is 8.81. The third-order valence-corrected chi connectivity index (χ3v) is 3.21. The molecule has 0 spiro atoms. The fourth-order valence-corrected chi connectivity index (χ4v) is 2.04. The van der Waals surface area contributed by atoms with Crippen LogP contribution in [-0.4, -0.2) is 28.4 Å². The van der Waals surface area contributed by atoms with Gasteiger partial charge in [0, 0.05) is 18.7 Å². The molecule has 0 aliphatic heterocycles. The van der Waals surface area contributed by atoms with Gasteiger partial charge in [-0.3, -0.25) is 9.78 Å². The maximum absolute atomic E-state index is 12.2. The molecule has 1 heterocycles. The average molecular weight is 247 g/mol. The van der Waals surface area contributed by atoms with Crippen molar-refractivity contribution >= 4 is 5.91 Å². The maximum atomic E-state index is 12.2. The van der Waals surface area contributed by atoms with Gasteiger partial charge in [0.2, 0.25) is 5.91 Å². The molecule has 0 atom stereocenters. The third kappa shape index (κ3) is 3.81. The van der Waals surface area contributed by atoms with E-state index in [4.69, 9.17) is 5.73 Å². The smallest absolute Gasteiger partial charge is 0.223 e. The van der Waals surface area contributed by atoms with Gasteiger partial charge in [0.05, 0.1) is 12.2 Å². The zero-order valence-electron chi connectivity index (χ0n) is 10.7. The fraction of sp³-hybridized carbons (Fsp3) is 0.571. The van der Waals surface area contributed by atoms with Crippen molar-refractivity contribution in [2.45, 2.75) is 44.7 Å². The summed E-state index contributed by atoms with van der Waals surface area (Å²) >= 11 is 0. The van der Waals surface area contributed by atoms with Crippen LogP contribution in [-0.2, 0) is 11.3 Å². The van der Waals surface area contributed by atoms with Gasteiger partial charge in [-0.15, -0.1) is 0 Å². The quantitative estimate of drug-likeness (QED) is 0.746. The number of aromatic nitrogens is 1. The van der Waals surface area contributed by atoms with Crippen LogP contribution in [0.5, 0.6) is 0 Å². The van der Waals surface area contributed by atoms with Crippen LogP contribution in [0.3, 0.4) is 0 Å². The van der Waals surface area contributed by atoms with Crippen LogP contribution < -0.4 is 5.73 Å². The number of unbranched alkanes of at least 4 members (excludes halogenated alkanes) is 1. The SMILES string of the molecule is NCCCCC(=O)N(Cc1ccccn1)C1CC1. The zero-order chi connectivity index (χ0) is 12.8. The van der Waals surface area contributed by atoms with E-state index in [0.717, 1.165) is 31.4 Å². The molecule has 1 aliphatic rings. The van der Waals surface area contributed by atoms with E-state index in [1.54, 1.807) is 6.20 Å². The Morgan fingerprint density at radius 2 is 2.22 bits per heavy atom. The van der Waals surface area contributed by atoms with E-state index in [-0.39, 0.29) is 5.91 Å². The highest BCUT2D eigenvalue weighted by Gasteiger charge is 2.32. The van der Waals surface area contributed by atoms with Gasteiger partial charge in [0.1, 0.15) is 0 Å². The second kappa shape index (κ2) is 6.50. The van der Waals surface area contributed by atoms with E-state index >= 15 is 0 Å². The first kappa shape index (κ1) is 13.0. The zero-order valence-corrected chi connectivity index (χ0v) is 10.7. The van der Waals surface area contributed by atoms with Crippen LogP contribution in [0.25, 0.3) is 0 Å². The Morgan fingerprint density at radius 3 is 2.83 bits per heavy atom. The minimum atomic E-state index is 0.247. The predicted molar refractivity (Wildman–Crippen MR) is 70.7 cm³/mol. The largest absolute Gasteiger partial charge is 0.334 e. The number of carbonyl (C=O) groups is 1. The number of amides is 1. The molecule has 4 nitrogen and oxygen atoms in total. The van der Waals surface area contributed by atoms with Gasteiger partial charge in [-0.2, -0.15) is 0 Å². The number of nitrogens with two attached hydrogens (primary N) is 1. The number of rotatable bonds is 7. The van der Waals surface area contributed by atoms with Gasteiger partial charge in [-0.05, 0) is 44.4 Å². The summed E-state index contributed by atoms with van der Waals surface area (Å²) < 4.78 is 0. The van der Waals surface area contributed by atoms with Crippen molar-refractivity contribution in [1.82, 2.24) is 9.88 Å². The molecule has 0 unspecified atom stereocenters. The summed E-state index contributed by atoms with van der Waals surface area (Å²) in [6, 6.07) is 6.28. The van der Waals surface area contributed by atoms with Gasteiger partial charge in [-0.25, -0.2) is 0 Å². The molecule has 18 heavy (non-hydrogen) atoms. The predicted octanol–water partition coefficient (Wildman–Crippen LogP) is 1.70. The topological polar surface area (TPSA) is 59.2 Å². The minimum absolute atomic E-state index is 0.247. The molecule has 1 aliphatic carbocycles. The number of pyridine rings is 1. The molecule has 0 bridgehead atoms. The lowest BCUT2D eigenvalue weighted by Crippen LogP contribution is -2.32. The summed E-state index contributed by atoms with van der Waals surface area (Å²) in [6.45, 7) is 1.31. The molecule has 2 N–H and O–H groups in total. The lowest BCUT2D eigenvalue weighted by molar-refractivity contribution is -0.132. The molecule has 1 aromatic heterocycles. The summed E-state index contributed by atoms with van der Waals surface area (Å²) in [6.07, 6.45) is 6.47. The maximum Gasteiger partial charge on any atom is 0.223 e. The standard InChI is InChI=1S/C14H21N3O/c15-9-3-1-6-14(18)17(13-7-8-13)11-12-5-2-4-10-16-12/h2,4-5,10,13H,1,3,6-9,11,15H2. The van der Waals surface area contributed by atoms with E-state index in [2.05, 4.69) is 4.98 Å². The molecule has 98 valence electrons. The summed E-state index contributed by atoms with van der Waals surface area (Å²) in [5, 5.41) is 0. The summed E-state index contributed by atoms with van der Waals surface area (Å²) in [4.78, 5) is 18.4. The van der Waals surface area contributed by atoms with E-state index in [9.17, 15) is 4.79 Å². The Kier molecular flexibility index (Phi) is 4.70. The lowest BCUT2D eigenvalue weighted by atomic mass is 10.2. The molecule has 0 aromatic carbocycles. The number of carbonyl (C=O) groups excluding carboxylic acids is 1. The van der Waals surface area contributed by atoms with Crippen LogP contribution >= 0.6 is 0 Å². The molecular weight excluding hydrogens is 226 g/mol. The third-order valence-electron chi connectivity index (χ3n) is 3.21. The normalized spacial score (nSPS) is 14.5. The van der Waals surface area contributed by atoms with Crippen molar-refractivity contribution in [2.75, 3.05) is 6.54 Å². The molecule has 1 fully saturated rings. The number of hydrogen-bond acceptors (Lipinski definition) is 3. The van der Waals surface area contributed by atoms with Crippen LogP contribution in [0, 0.1) is 0 Å². The van der Waals surface area contributed by atoms with Gasteiger partial charge in [-0.1, -0.05) is 6.07 Å². The Hall–Kier alpha value is -1.42. The molecule has 4 heteroatoms. The first-order valence-corrected chi connectivity index (χ1v) is 6.70. The van der Waals surface area contributed by atoms with Crippen molar-refractivity contribution in [2.24, 2.45) is 5.73 Å². The first-order valence-electron chi connectivity index (χ1n) is 6.70. The lowest BCUT2D eigenvalue weighted by Gasteiger charge is -2.22. The average Bonchev–Trinajstić information content (AvgIpc) is 3.21. The Morgan fingerprint density at radius 1 is 1.39 bits per heavy atom. The van der Waals surface area contributed by atoms with Gasteiger partial charge >= 0.3 is 0 Å². The van der Waals surface area contributed by atoms with Gasteiger partial charge in [0.15, 0.2) is 0 Å².